The number of amides is 2. The Bertz CT molecular complexity index is 1300. The number of esters is 1. The van der Waals surface area contributed by atoms with E-state index in [1.807, 2.05) is 24.3 Å². The van der Waals surface area contributed by atoms with Crippen LogP contribution in [0.5, 0.6) is 5.75 Å². The zero-order valence-corrected chi connectivity index (χ0v) is 18.8. The maximum absolute atomic E-state index is 12.5. The number of thiazole rings is 1. The highest BCUT2D eigenvalue weighted by molar-refractivity contribution is 7.14. The minimum atomic E-state index is -0.761. The van der Waals surface area contributed by atoms with Crippen LogP contribution in [-0.4, -0.2) is 36.5 Å². The van der Waals surface area contributed by atoms with Gasteiger partial charge in [0.05, 0.1) is 30.3 Å². The Kier molecular flexibility index (Phi) is 6.99. The molecule has 4 rings (SSSR count). The molecule has 10 heteroatoms. The zero-order chi connectivity index (χ0) is 23.9. The Morgan fingerprint density at radius 3 is 2.53 bits per heavy atom. The molecule has 0 atom stereocenters. The van der Waals surface area contributed by atoms with E-state index in [-0.39, 0.29) is 17.0 Å². The number of anilines is 2. The molecule has 2 aromatic heterocycles. The van der Waals surface area contributed by atoms with E-state index in [9.17, 15) is 14.4 Å². The smallest absolute Gasteiger partial charge is 0.340 e. The van der Waals surface area contributed by atoms with Crippen molar-refractivity contribution in [3.05, 3.63) is 83.6 Å². The first kappa shape index (κ1) is 22.7. The molecule has 2 N–H and O–H groups in total. The molecule has 0 aliphatic rings. The summed E-state index contributed by atoms with van der Waals surface area (Å²) in [6.45, 7) is -0.517. The fourth-order valence-corrected chi connectivity index (χ4v) is 3.69. The van der Waals surface area contributed by atoms with Crippen LogP contribution in [0.15, 0.2) is 76.7 Å². The molecule has 2 heterocycles. The van der Waals surface area contributed by atoms with Gasteiger partial charge in [0.15, 0.2) is 17.5 Å². The number of aromatic nitrogens is 1. The molecule has 0 aliphatic carbocycles. The van der Waals surface area contributed by atoms with Crippen LogP contribution in [-0.2, 0) is 9.53 Å². The monoisotopic (exact) mass is 477 g/mol. The number of carbonyl (C=O) groups is 3. The number of hydrogen-bond acceptors (Lipinski definition) is 8. The van der Waals surface area contributed by atoms with Crippen molar-refractivity contribution in [1.29, 1.82) is 0 Å². The highest BCUT2D eigenvalue weighted by Gasteiger charge is 2.18. The molecule has 9 nitrogen and oxygen atoms in total. The third-order valence-electron chi connectivity index (χ3n) is 4.61. The summed E-state index contributed by atoms with van der Waals surface area (Å²) in [4.78, 5) is 41.4. The van der Waals surface area contributed by atoms with Crippen LogP contribution in [0, 0.1) is 0 Å². The summed E-state index contributed by atoms with van der Waals surface area (Å²) in [6.07, 6.45) is 1.37. The molecule has 172 valence electrons. The Balaban J connectivity index is 1.33. The van der Waals surface area contributed by atoms with Gasteiger partial charge in [0.2, 0.25) is 0 Å². The summed E-state index contributed by atoms with van der Waals surface area (Å²) in [6, 6.07) is 16.8. The van der Waals surface area contributed by atoms with Crippen molar-refractivity contribution in [3.8, 4) is 17.0 Å². The fraction of sp³-hybridized carbons (Fsp3) is 0.0833. The van der Waals surface area contributed by atoms with Crippen LogP contribution < -0.4 is 15.4 Å². The quantitative estimate of drug-likeness (QED) is 0.360. The lowest BCUT2D eigenvalue weighted by Gasteiger charge is -2.10. The molecule has 0 radical (unpaired) electrons. The van der Waals surface area contributed by atoms with Crippen LogP contribution >= 0.6 is 11.3 Å². The van der Waals surface area contributed by atoms with E-state index in [0.717, 1.165) is 11.3 Å². The number of rotatable bonds is 8. The van der Waals surface area contributed by atoms with E-state index in [0.29, 0.717) is 10.8 Å². The Labute approximate surface area is 198 Å². The van der Waals surface area contributed by atoms with Gasteiger partial charge in [-0.3, -0.25) is 14.9 Å². The molecule has 0 saturated heterocycles. The first-order valence-electron chi connectivity index (χ1n) is 10.0. The van der Waals surface area contributed by atoms with Crippen LogP contribution in [0.25, 0.3) is 11.3 Å². The topological polar surface area (TPSA) is 120 Å². The van der Waals surface area contributed by atoms with Crippen LogP contribution in [0.3, 0.4) is 0 Å². The second-order valence-corrected chi connectivity index (χ2v) is 7.73. The number of methoxy groups -OCH3 is 1. The lowest BCUT2D eigenvalue weighted by atomic mass is 10.1. The first-order chi connectivity index (χ1) is 16.5. The highest BCUT2D eigenvalue weighted by atomic mass is 32.1. The molecule has 4 aromatic rings. The molecular formula is C24H19N3O6S. The lowest BCUT2D eigenvalue weighted by Crippen LogP contribution is -2.22. The van der Waals surface area contributed by atoms with Crippen LogP contribution in [0.4, 0.5) is 10.8 Å². The average Bonchev–Trinajstić information content (AvgIpc) is 3.56. The molecule has 0 spiro atoms. The van der Waals surface area contributed by atoms with E-state index < -0.39 is 24.4 Å². The van der Waals surface area contributed by atoms with Gasteiger partial charge in [0, 0.05) is 10.9 Å². The molecule has 34 heavy (non-hydrogen) atoms. The number of nitrogens with zero attached hydrogens (tertiary/aromatic N) is 1. The second-order valence-electron chi connectivity index (χ2n) is 6.87. The van der Waals surface area contributed by atoms with Crippen molar-refractivity contribution in [3.63, 3.8) is 0 Å². The summed E-state index contributed by atoms with van der Waals surface area (Å²) in [5.74, 6) is -0.986. The van der Waals surface area contributed by atoms with Crippen LogP contribution in [0.2, 0.25) is 0 Å². The minimum Gasteiger partial charge on any atom is -0.497 e. The SMILES string of the molecule is COc1ccc(-c2csc(NC(=O)COC(=O)c3ccccc3NC(=O)c3ccco3)n2)cc1. The maximum atomic E-state index is 12.5. The lowest BCUT2D eigenvalue weighted by molar-refractivity contribution is -0.119. The van der Waals surface area contributed by atoms with Gasteiger partial charge in [0.25, 0.3) is 11.8 Å². The van der Waals surface area contributed by atoms with Gasteiger partial charge < -0.3 is 19.2 Å². The largest absolute Gasteiger partial charge is 0.497 e. The molecule has 0 aliphatic heterocycles. The number of furan rings is 1. The summed E-state index contributed by atoms with van der Waals surface area (Å²) < 4.78 is 15.3. The van der Waals surface area contributed by atoms with Crippen molar-refractivity contribution in [1.82, 2.24) is 4.98 Å². The summed E-state index contributed by atoms with van der Waals surface area (Å²) in [5, 5.41) is 7.39. The molecule has 2 amide bonds. The standard InChI is InChI=1S/C24H19N3O6S/c1-31-16-10-8-15(9-11-16)19-14-34-24(26-19)27-21(28)13-33-23(30)17-5-2-3-6-18(17)25-22(29)20-7-4-12-32-20/h2-12,14H,13H2,1H3,(H,25,29)(H,26,27,28). The molecular weight excluding hydrogens is 458 g/mol. The predicted octanol–water partition coefficient (Wildman–Crippen LogP) is 4.46. The maximum Gasteiger partial charge on any atom is 0.340 e. The third kappa shape index (κ3) is 5.48. The van der Waals surface area contributed by atoms with Gasteiger partial charge in [0.1, 0.15) is 5.75 Å². The molecule has 0 saturated carbocycles. The van der Waals surface area contributed by atoms with Crippen molar-refractivity contribution in [2.75, 3.05) is 24.4 Å². The number of benzene rings is 2. The van der Waals surface area contributed by atoms with E-state index in [1.165, 1.54) is 29.7 Å². The Hall–Kier alpha value is -4.44. The van der Waals surface area contributed by atoms with Crippen LogP contribution in [0.1, 0.15) is 20.9 Å². The average molecular weight is 477 g/mol. The highest BCUT2D eigenvalue weighted by Crippen LogP contribution is 2.26. The fourth-order valence-electron chi connectivity index (χ4n) is 2.95. The number of para-hydroxylation sites is 1. The van der Waals surface area contributed by atoms with Gasteiger partial charge in [-0.25, -0.2) is 9.78 Å². The van der Waals surface area contributed by atoms with Crippen molar-refractivity contribution >= 4 is 39.9 Å². The van der Waals surface area contributed by atoms with Gasteiger partial charge in [-0.2, -0.15) is 0 Å². The molecule has 0 fully saturated rings. The van der Waals surface area contributed by atoms with E-state index in [1.54, 1.807) is 36.8 Å². The number of hydrogen-bond donors (Lipinski definition) is 2. The van der Waals surface area contributed by atoms with E-state index in [2.05, 4.69) is 15.6 Å². The Morgan fingerprint density at radius 1 is 1.00 bits per heavy atom. The molecule has 0 bridgehead atoms. The second kappa shape index (κ2) is 10.5. The predicted molar refractivity (Wildman–Crippen MR) is 126 cm³/mol. The number of carbonyl (C=O) groups excluding carboxylic acids is 3. The molecule has 0 unspecified atom stereocenters. The van der Waals surface area contributed by atoms with E-state index >= 15 is 0 Å². The van der Waals surface area contributed by atoms with Gasteiger partial charge in [-0.05, 0) is 48.5 Å². The van der Waals surface area contributed by atoms with Crippen molar-refractivity contribution in [2.24, 2.45) is 0 Å². The van der Waals surface area contributed by atoms with Gasteiger partial charge in [-0.15, -0.1) is 11.3 Å². The third-order valence-corrected chi connectivity index (χ3v) is 5.37. The minimum absolute atomic E-state index is 0.0972. The van der Waals surface area contributed by atoms with E-state index in [4.69, 9.17) is 13.9 Å². The van der Waals surface area contributed by atoms with Gasteiger partial charge >= 0.3 is 5.97 Å². The Morgan fingerprint density at radius 2 is 1.79 bits per heavy atom. The number of nitrogens with one attached hydrogen (secondary N) is 2. The number of ether oxygens (including phenoxy) is 2. The van der Waals surface area contributed by atoms with Crippen molar-refractivity contribution < 1.29 is 28.3 Å². The summed E-state index contributed by atoms with van der Waals surface area (Å²) in [5.41, 5.74) is 1.91. The normalized spacial score (nSPS) is 10.4. The summed E-state index contributed by atoms with van der Waals surface area (Å²) in [7, 11) is 1.59. The van der Waals surface area contributed by atoms with Gasteiger partial charge in [-0.1, -0.05) is 12.1 Å². The van der Waals surface area contributed by atoms with Crippen molar-refractivity contribution in [2.45, 2.75) is 0 Å². The first-order valence-corrected chi connectivity index (χ1v) is 10.9. The molecule has 2 aromatic carbocycles. The summed E-state index contributed by atoms with van der Waals surface area (Å²) >= 11 is 1.25. The zero-order valence-electron chi connectivity index (χ0n) is 17.9.